The predicted molar refractivity (Wildman–Crippen MR) is 114 cm³/mol. The number of amides is 1. The summed E-state index contributed by atoms with van der Waals surface area (Å²) in [5.74, 6) is 1.28. The van der Waals surface area contributed by atoms with Crippen LogP contribution in [-0.2, 0) is 38.0 Å². The third-order valence-electron chi connectivity index (χ3n) is 5.86. The topological polar surface area (TPSA) is 65.8 Å². The Morgan fingerprint density at radius 3 is 2.74 bits per heavy atom. The average molecular weight is 419 g/mol. The quantitative estimate of drug-likeness (QED) is 0.634. The van der Waals surface area contributed by atoms with Gasteiger partial charge in [-0.25, -0.2) is 0 Å². The minimum atomic E-state index is -0.0145. The van der Waals surface area contributed by atoms with Crippen molar-refractivity contribution in [1.82, 2.24) is 14.7 Å². The van der Waals surface area contributed by atoms with Gasteiger partial charge in [0.1, 0.15) is 0 Å². The molecule has 0 fully saturated rings. The summed E-state index contributed by atoms with van der Waals surface area (Å²) in [4.78, 5) is 15.0. The van der Waals surface area contributed by atoms with E-state index in [1.54, 1.807) is 18.2 Å². The second kappa shape index (κ2) is 8.07. The summed E-state index contributed by atoms with van der Waals surface area (Å²) in [6.07, 6.45) is 0.771. The highest BCUT2D eigenvalue weighted by atomic mass is 16.7. The molecule has 0 atom stereocenters. The van der Waals surface area contributed by atoms with E-state index < -0.39 is 0 Å². The van der Waals surface area contributed by atoms with Gasteiger partial charge in [-0.1, -0.05) is 29.8 Å². The number of aryl methyl sites for hydroxylation is 2. The zero-order valence-corrected chi connectivity index (χ0v) is 17.8. The summed E-state index contributed by atoms with van der Waals surface area (Å²) >= 11 is 0. The van der Waals surface area contributed by atoms with Crippen LogP contribution < -0.4 is 9.47 Å². The Morgan fingerprint density at radius 1 is 1.10 bits per heavy atom. The molecule has 1 aromatic heterocycles. The summed E-state index contributed by atoms with van der Waals surface area (Å²) in [5.41, 5.74) is 6.13. The fraction of sp³-hybridized carbons (Fsp3) is 0.333. The number of carbonyl (C=O) groups excluding carboxylic acids is 1. The van der Waals surface area contributed by atoms with Gasteiger partial charge < -0.3 is 19.1 Å². The second-order valence-electron chi connectivity index (χ2n) is 8.02. The zero-order valence-electron chi connectivity index (χ0n) is 17.8. The molecular weight excluding hydrogens is 394 g/mol. The Kier molecular flexibility index (Phi) is 5.11. The van der Waals surface area contributed by atoms with E-state index >= 15 is 0 Å². The van der Waals surface area contributed by atoms with Crippen LogP contribution in [0.25, 0.3) is 0 Å². The number of fused-ring (bicyclic) bond motifs is 2. The van der Waals surface area contributed by atoms with Gasteiger partial charge in [-0.05, 0) is 30.7 Å². The van der Waals surface area contributed by atoms with Gasteiger partial charge in [0.2, 0.25) is 6.79 Å². The number of aromatic nitrogens is 2. The third-order valence-corrected chi connectivity index (χ3v) is 5.86. The van der Waals surface area contributed by atoms with Crippen LogP contribution in [-0.4, -0.2) is 33.9 Å². The van der Waals surface area contributed by atoms with Gasteiger partial charge in [-0.3, -0.25) is 9.48 Å². The number of nitrogens with zero attached hydrogens (tertiary/aromatic N) is 3. The molecule has 1 amide bonds. The summed E-state index contributed by atoms with van der Waals surface area (Å²) in [7, 11) is 1.96. The fourth-order valence-corrected chi connectivity index (χ4v) is 4.12. The maximum Gasteiger partial charge on any atom is 0.254 e. The number of ether oxygens (including phenoxy) is 3. The smallest absolute Gasteiger partial charge is 0.254 e. The highest BCUT2D eigenvalue weighted by Crippen LogP contribution is 2.33. The molecule has 2 aromatic carbocycles. The lowest BCUT2D eigenvalue weighted by Gasteiger charge is -2.28. The summed E-state index contributed by atoms with van der Waals surface area (Å²) in [6.45, 7) is 4.40. The lowest BCUT2D eigenvalue weighted by molar-refractivity contribution is 0.0727. The molecule has 7 heteroatoms. The first-order valence-corrected chi connectivity index (χ1v) is 10.4. The van der Waals surface area contributed by atoms with Gasteiger partial charge in [-0.15, -0.1) is 0 Å². The monoisotopic (exact) mass is 419 g/mol. The second-order valence-corrected chi connectivity index (χ2v) is 8.02. The molecular formula is C24H25N3O4. The number of benzene rings is 2. The van der Waals surface area contributed by atoms with Gasteiger partial charge in [0, 0.05) is 43.4 Å². The highest BCUT2D eigenvalue weighted by molar-refractivity contribution is 5.95. The zero-order chi connectivity index (χ0) is 21.4. The van der Waals surface area contributed by atoms with Crippen LogP contribution >= 0.6 is 0 Å². The maximum atomic E-state index is 13.1. The molecule has 2 aliphatic heterocycles. The minimum absolute atomic E-state index is 0.0145. The van der Waals surface area contributed by atoms with Crippen LogP contribution in [0.3, 0.4) is 0 Å². The van der Waals surface area contributed by atoms with Crippen molar-refractivity contribution in [1.29, 1.82) is 0 Å². The molecule has 31 heavy (non-hydrogen) atoms. The Balaban J connectivity index is 1.28. The standard InChI is InChI=1S/C24H25N3O4/c1-16-3-5-17(6-4-16)13-29-14-20-19-12-27(10-9-21(19)26(2)25-20)24(28)18-7-8-22-23(11-18)31-15-30-22/h3-8,11H,9-10,12-15H2,1-2H3. The van der Waals surface area contributed by atoms with E-state index in [0.717, 1.165) is 23.2 Å². The number of hydrogen-bond acceptors (Lipinski definition) is 5. The molecule has 160 valence electrons. The summed E-state index contributed by atoms with van der Waals surface area (Å²) in [6, 6.07) is 13.7. The molecule has 0 bridgehead atoms. The van der Waals surface area contributed by atoms with Crippen LogP contribution in [0.5, 0.6) is 11.5 Å². The molecule has 3 aromatic rings. The van der Waals surface area contributed by atoms with Crippen molar-refractivity contribution in [2.24, 2.45) is 7.05 Å². The van der Waals surface area contributed by atoms with Crippen LogP contribution in [0.4, 0.5) is 0 Å². The Labute approximate surface area is 181 Å². The third kappa shape index (κ3) is 3.88. The molecule has 0 N–H and O–H groups in total. The maximum absolute atomic E-state index is 13.1. The lowest BCUT2D eigenvalue weighted by atomic mass is 10.0. The van der Waals surface area contributed by atoms with Gasteiger partial charge in [0.05, 0.1) is 18.9 Å². The average Bonchev–Trinajstić information content (AvgIpc) is 3.38. The van der Waals surface area contributed by atoms with Crippen molar-refractivity contribution in [3.63, 3.8) is 0 Å². The lowest BCUT2D eigenvalue weighted by Crippen LogP contribution is -2.36. The molecule has 5 rings (SSSR count). The van der Waals surface area contributed by atoms with Crippen molar-refractivity contribution in [3.8, 4) is 11.5 Å². The van der Waals surface area contributed by atoms with E-state index in [1.807, 2.05) is 16.6 Å². The molecule has 0 saturated heterocycles. The summed E-state index contributed by atoms with van der Waals surface area (Å²) in [5, 5.41) is 4.67. The molecule has 0 spiro atoms. The first kappa shape index (κ1) is 19.6. The van der Waals surface area contributed by atoms with E-state index in [-0.39, 0.29) is 12.7 Å². The van der Waals surface area contributed by atoms with E-state index in [1.165, 1.54) is 11.3 Å². The normalized spacial score (nSPS) is 14.6. The van der Waals surface area contributed by atoms with Crippen LogP contribution in [0.1, 0.15) is 38.4 Å². The van der Waals surface area contributed by atoms with Crippen LogP contribution in [0.2, 0.25) is 0 Å². The predicted octanol–water partition coefficient (Wildman–Crippen LogP) is 3.37. The molecule has 7 nitrogen and oxygen atoms in total. The van der Waals surface area contributed by atoms with Gasteiger partial charge in [-0.2, -0.15) is 5.10 Å². The summed E-state index contributed by atoms with van der Waals surface area (Å²) < 4.78 is 18.6. The van der Waals surface area contributed by atoms with E-state index in [2.05, 4.69) is 36.3 Å². The molecule has 2 aliphatic rings. The SMILES string of the molecule is Cc1ccc(COCc2nn(C)c3c2CN(C(=O)c2ccc4c(c2)OCO4)CC3)cc1. The van der Waals surface area contributed by atoms with Crippen molar-refractivity contribution < 1.29 is 19.0 Å². The first-order valence-electron chi connectivity index (χ1n) is 10.4. The molecule has 0 unspecified atom stereocenters. The number of hydrogen-bond donors (Lipinski definition) is 0. The fourth-order valence-electron chi connectivity index (χ4n) is 4.12. The molecule has 3 heterocycles. The van der Waals surface area contributed by atoms with Gasteiger partial charge in [0.25, 0.3) is 5.91 Å². The van der Waals surface area contributed by atoms with Gasteiger partial charge >= 0.3 is 0 Å². The largest absolute Gasteiger partial charge is 0.454 e. The van der Waals surface area contributed by atoms with Crippen LogP contribution in [0, 0.1) is 6.92 Å². The molecule has 0 saturated carbocycles. The van der Waals surface area contributed by atoms with Crippen molar-refractivity contribution in [3.05, 3.63) is 76.1 Å². The van der Waals surface area contributed by atoms with E-state index in [4.69, 9.17) is 14.2 Å². The van der Waals surface area contributed by atoms with Crippen LogP contribution in [0.15, 0.2) is 42.5 Å². The van der Waals surface area contributed by atoms with Crippen molar-refractivity contribution in [2.75, 3.05) is 13.3 Å². The highest BCUT2D eigenvalue weighted by Gasteiger charge is 2.28. The van der Waals surface area contributed by atoms with Crippen molar-refractivity contribution in [2.45, 2.75) is 33.1 Å². The Morgan fingerprint density at radius 2 is 1.90 bits per heavy atom. The Hall–Kier alpha value is -3.32. The molecule has 0 aliphatic carbocycles. The van der Waals surface area contributed by atoms with Gasteiger partial charge in [0.15, 0.2) is 11.5 Å². The Bertz CT molecular complexity index is 1120. The van der Waals surface area contributed by atoms with Crippen molar-refractivity contribution >= 4 is 5.91 Å². The minimum Gasteiger partial charge on any atom is -0.454 e. The number of carbonyl (C=O) groups is 1. The first-order chi connectivity index (χ1) is 15.1. The van der Waals surface area contributed by atoms with E-state index in [9.17, 15) is 4.79 Å². The number of rotatable bonds is 5. The molecule has 0 radical (unpaired) electrons. The van der Waals surface area contributed by atoms with E-state index in [0.29, 0.717) is 43.4 Å².